The lowest BCUT2D eigenvalue weighted by Gasteiger charge is -2.36. The number of nitrogens with one attached hydrogen (secondary N) is 1. The number of hydrogen-bond acceptors (Lipinski definition) is 3. The van der Waals surface area contributed by atoms with Crippen LogP contribution in [-0.2, 0) is 4.79 Å². The second-order valence-electron chi connectivity index (χ2n) is 6.27. The number of nitrogens with two attached hydrogens (primary N) is 1. The lowest BCUT2D eigenvalue weighted by atomic mass is 10.0. The van der Waals surface area contributed by atoms with Crippen molar-refractivity contribution in [3.05, 3.63) is 35.6 Å². The predicted molar refractivity (Wildman–Crippen MR) is 91.5 cm³/mol. The van der Waals surface area contributed by atoms with Crippen LogP contribution in [0, 0.1) is 5.82 Å². The van der Waals surface area contributed by atoms with E-state index >= 15 is 0 Å². The summed E-state index contributed by atoms with van der Waals surface area (Å²) in [5.74, 6) is -0.492. The average Bonchev–Trinajstić information content (AvgIpc) is 2.60. The molecule has 0 spiro atoms. The minimum atomic E-state index is -0.595. The number of rotatable bonds is 7. The Morgan fingerprint density at radius 3 is 2.56 bits per heavy atom. The number of urea groups is 1. The first-order chi connectivity index (χ1) is 12.0. The molecule has 3 N–H and O–H groups in total. The van der Waals surface area contributed by atoms with Gasteiger partial charge in [-0.3, -0.25) is 9.59 Å². The van der Waals surface area contributed by atoms with Gasteiger partial charge in [0, 0.05) is 37.5 Å². The van der Waals surface area contributed by atoms with Crippen molar-refractivity contribution in [3.63, 3.8) is 0 Å². The molecule has 3 amide bonds. The zero-order valence-corrected chi connectivity index (χ0v) is 14.2. The van der Waals surface area contributed by atoms with Crippen molar-refractivity contribution in [2.24, 2.45) is 5.73 Å². The molecule has 1 saturated heterocycles. The third-order valence-electron chi connectivity index (χ3n) is 4.42. The number of carbonyl (C=O) groups is 3. The highest BCUT2D eigenvalue weighted by Crippen LogP contribution is 2.18. The smallest absolute Gasteiger partial charge is 0.312 e. The van der Waals surface area contributed by atoms with Gasteiger partial charge < -0.3 is 16.0 Å². The Morgan fingerprint density at radius 2 is 1.88 bits per heavy atom. The maximum atomic E-state index is 12.9. The largest absolute Gasteiger partial charge is 0.352 e. The fraction of sp³-hybridized carbons (Fsp3) is 0.500. The SMILES string of the molecule is NC(=O)NCC1CCCCN1C(=O)CCCC(=O)c1ccc(F)cc1. The lowest BCUT2D eigenvalue weighted by Crippen LogP contribution is -2.50. The van der Waals surface area contributed by atoms with Gasteiger partial charge in [0.25, 0.3) is 0 Å². The number of nitrogens with zero attached hydrogens (tertiary/aromatic N) is 1. The van der Waals surface area contributed by atoms with Crippen LogP contribution >= 0.6 is 0 Å². The van der Waals surface area contributed by atoms with Crippen molar-refractivity contribution >= 4 is 17.7 Å². The minimum absolute atomic E-state index is 0.0112. The van der Waals surface area contributed by atoms with Crippen molar-refractivity contribution < 1.29 is 18.8 Å². The van der Waals surface area contributed by atoms with E-state index < -0.39 is 6.03 Å². The van der Waals surface area contributed by atoms with Gasteiger partial charge in [0.2, 0.25) is 5.91 Å². The fourth-order valence-corrected chi connectivity index (χ4v) is 3.08. The first-order valence-electron chi connectivity index (χ1n) is 8.59. The van der Waals surface area contributed by atoms with Crippen LogP contribution in [0.15, 0.2) is 24.3 Å². The maximum absolute atomic E-state index is 12.9. The van der Waals surface area contributed by atoms with E-state index in [-0.39, 0.29) is 36.4 Å². The molecule has 25 heavy (non-hydrogen) atoms. The zero-order chi connectivity index (χ0) is 18.2. The highest BCUT2D eigenvalue weighted by molar-refractivity contribution is 5.96. The van der Waals surface area contributed by atoms with E-state index in [2.05, 4.69) is 5.32 Å². The number of halogens is 1. The van der Waals surface area contributed by atoms with Crippen molar-refractivity contribution in [1.82, 2.24) is 10.2 Å². The van der Waals surface area contributed by atoms with E-state index in [0.29, 0.717) is 25.1 Å². The van der Waals surface area contributed by atoms with Gasteiger partial charge in [0.15, 0.2) is 5.78 Å². The highest BCUT2D eigenvalue weighted by Gasteiger charge is 2.26. The summed E-state index contributed by atoms with van der Waals surface area (Å²) >= 11 is 0. The molecule has 0 radical (unpaired) electrons. The topological polar surface area (TPSA) is 92.5 Å². The van der Waals surface area contributed by atoms with Crippen LogP contribution in [0.25, 0.3) is 0 Å². The Morgan fingerprint density at radius 1 is 1.16 bits per heavy atom. The van der Waals surface area contributed by atoms with Crippen LogP contribution in [0.3, 0.4) is 0 Å². The maximum Gasteiger partial charge on any atom is 0.312 e. The van der Waals surface area contributed by atoms with E-state index in [1.807, 2.05) is 0 Å². The van der Waals surface area contributed by atoms with Crippen molar-refractivity contribution in [2.45, 2.75) is 44.6 Å². The van der Waals surface area contributed by atoms with Gasteiger partial charge in [-0.15, -0.1) is 0 Å². The number of hydrogen-bond donors (Lipinski definition) is 2. The van der Waals surface area contributed by atoms with Gasteiger partial charge in [-0.2, -0.15) is 0 Å². The minimum Gasteiger partial charge on any atom is -0.352 e. The number of benzene rings is 1. The molecule has 1 aliphatic rings. The van der Waals surface area contributed by atoms with Crippen LogP contribution in [0.2, 0.25) is 0 Å². The molecule has 136 valence electrons. The van der Waals surface area contributed by atoms with E-state index in [0.717, 1.165) is 19.3 Å². The number of piperidine rings is 1. The summed E-state index contributed by atoms with van der Waals surface area (Å²) in [6.07, 6.45) is 3.75. The molecular weight excluding hydrogens is 325 g/mol. The first-order valence-corrected chi connectivity index (χ1v) is 8.59. The summed E-state index contributed by atoms with van der Waals surface area (Å²) in [7, 11) is 0. The molecule has 0 bridgehead atoms. The van der Waals surface area contributed by atoms with Crippen LogP contribution in [0.4, 0.5) is 9.18 Å². The molecule has 1 atom stereocenters. The summed E-state index contributed by atoms with van der Waals surface area (Å²) in [6.45, 7) is 1.02. The van der Waals surface area contributed by atoms with Gasteiger partial charge in [0.05, 0.1) is 0 Å². The molecule has 1 aromatic rings. The van der Waals surface area contributed by atoms with E-state index in [9.17, 15) is 18.8 Å². The molecule has 1 aromatic carbocycles. The van der Waals surface area contributed by atoms with E-state index in [4.69, 9.17) is 5.73 Å². The molecule has 6 nitrogen and oxygen atoms in total. The Bertz CT molecular complexity index is 618. The number of carbonyl (C=O) groups excluding carboxylic acids is 3. The number of primary amides is 1. The number of likely N-dealkylation sites (tertiary alicyclic amines) is 1. The molecular formula is C18H24FN3O3. The molecule has 1 aliphatic heterocycles. The fourth-order valence-electron chi connectivity index (χ4n) is 3.08. The number of Topliss-reactive ketones (excluding diaryl/α,β-unsaturated/α-hetero) is 1. The van der Waals surface area contributed by atoms with Crippen molar-refractivity contribution in [3.8, 4) is 0 Å². The normalized spacial score (nSPS) is 17.2. The van der Waals surface area contributed by atoms with Gasteiger partial charge in [0.1, 0.15) is 5.82 Å². The Kier molecular flexibility index (Phi) is 6.91. The van der Waals surface area contributed by atoms with Gasteiger partial charge in [-0.25, -0.2) is 9.18 Å². The van der Waals surface area contributed by atoms with Gasteiger partial charge in [-0.1, -0.05) is 0 Å². The monoisotopic (exact) mass is 349 g/mol. The predicted octanol–water partition coefficient (Wildman–Crippen LogP) is 2.23. The summed E-state index contributed by atoms with van der Waals surface area (Å²) in [4.78, 5) is 37.1. The second kappa shape index (κ2) is 9.15. The molecule has 1 heterocycles. The number of ketones is 1. The Balaban J connectivity index is 1.80. The molecule has 2 rings (SSSR count). The zero-order valence-electron chi connectivity index (χ0n) is 14.2. The molecule has 7 heteroatoms. The van der Waals surface area contributed by atoms with Gasteiger partial charge >= 0.3 is 6.03 Å². The quantitative estimate of drug-likeness (QED) is 0.739. The molecule has 0 aromatic heterocycles. The van der Waals surface area contributed by atoms with Crippen molar-refractivity contribution in [1.29, 1.82) is 0 Å². The third-order valence-corrected chi connectivity index (χ3v) is 4.42. The first kappa shape index (κ1) is 18.9. The van der Waals surface area contributed by atoms with Crippen LogP contribution in [-0.4, -0.2) is 41.8 Å². The summed E-state index contributed by atoms with van der Waals surface area (Å²) < 4.78 is 12.9. The molecule has 0 saturated carbocycles. The van der Waals surface area contributed by atoms with Gasteiger partial charge in [-0.05, 0) is 49.9 Å². The lowest BCUT2D eigenvalue weighted by molar-refractivity contribution is -0.134. The highest BCUT2D eigenvalue weighted by atomic mass is 19.1. The van der Waals surface area contributed by atoms with Crippen molar-refractivity contribution in [2.75, 3.05) is 13.1 Å². The van der Waals surface area contributed by atoms with E-state index in [1.165, 1.54) is 24.3 Å². The summed E-state index contributed by atoms with van der Waals surface area (Å²) in [5.41, 5.74) is 5.55. The third kappa shape index (κ3) is 5.85. The van der Waals surface area contributed by atoms with Crippen LogP contribution < -0.4 is 11.1 Å². The van der Waals surface area contributed by atoms with Crippen LogP contribution in [0.1, 0.15) is 48.9 Å². The van der Waals surface area contributed by atoms with E-state index in [1.54, 1.807) is 4.90 Å². The Hall–Kier alpha value is -2.44. The Labute approximate surface area is 146 Å². The standard InChI is InChI=1S/C18H24FN3O3/c19-14-9-7-13(8-10-14)16(23)5-3-6-17(24)22-11-2-1-4-15(22)12-21-18(20)25/h7-10,15H,1-6,11-12H2,(H3,20,21,25). The number of amides is 3. The molecule has 1 unspecified atom stereocenters. The average molecular weight is 349 g/mol. The molecule has 0 aliphatic carbocycles. The molecule has 1 fully saturated rings. The second-order valence-corrected chi connectivity index (χ2v) is 6.27. The summed E-state index contributed by atoms with van der Waals surface area (Å²) in [6, 6.07) is 4.78. The summed E-state index contributed by atoms with van der Waals surface area (Å²) in [5, 5.41) is 2.56. The van der Waals surface area contributed by atoms with Crippen LogP contribution in [0.5, 0.6) is 0 Å².